The standard InChI is InChI=1S/C6H9NO3.CH4/c1-4(2)6(10)7-3-5(8)9;/h1,3H2,2H3,(H,7,10)(H,8,9);1H4. The van der Waals surface area contributed by atoms with Gasteiger partial charge in [0.25, 0.3) is 0 Å². The number of aliphatic carboxylic acids is 1. The Balaban J connectivity index is 0. The van der Waals surface area contributed by atoms with Gasteiger partial charge in [-0.05, 0) is 6.92 Å². The highest BCUT2D eigenvalue weighted by molar-refractivity contribution is 5.93. The molecule has 0 saturated carbocycles. The van der Waals surface area contributed by atoms with Crippen LogP contribution in [0.3, 0.4) is 0 Å². The normalized spacial score (nSPS) is 7.73. The number of rotatable bonds is 3. The van der Waals surface area contributed by atoms with Crippen LogP contribution in [-0.4, -0.2) is 23.5 Å². The molecule has 0 unspecified atom stereocenters. The van der Waals surface area contributed by atoms with Crippen LogP contribution < -0.4 is 5.32 Å². The molecule has 0 aliphatic carbocycles. The van der Waals surface area contributed by atoms with Crippen molar-refractivity contribution in [2.75, 3.05) is 6.54 Å². The van der Waals surface area contributed by atoms with Crippen LogP contribution in [-0.2, 0) is 9.59 Å². The van der Waals surface area contributed by atoms with E-state index in [-0.39, 0.29) is 14.0 Å². The van der Waals surface area contributed by atoms with E-state index in [1.807, 2.05) is 0 Å². The second kappa shape index (κ2) is 5.46. The second-order valence-electron chi connectivity index (χ2n) is 1.86. The molecule has 1 amide bonds. The van der Waals surface area contributed by atoms with E-state index in [2.05, 4.69) is 11.9 Å². The van der Waals surface area contributed by atoms with Crippen LogP contribution in [0.5, 0.6) is 0 Å². The summed E-state index contributed by atoms with van der Waals surface area (Å²) >= 11 is 0. The molecule has 0 aromatic rings. The zero-order valence-corrected chi connectivity index (χ0v) is 5.68. The quantitative estimate of drug-likeness (QED) is 0.586. The third-order valence-electron chi connectivity index (χ3n) is 0.788. The van der Waals surface area contributed by atoms with E-state index in [1.54, 1.807) is 0 Å². The Hall–Kier alpha value is -1.32. The zero-order chi connectivity index (χ0) is 8.15. The molecule has 0 fully saturated rings. The third-order valence-corrected chi connectivity index (χ3v) is 0.788. The summed E-state index contributed by atoms with van der Waals surface area (Å²) in [7, 11) is 0. The second-order valence-corrected chi connectivity index (χ2v) is 1.86. The molecule has 11 heavy (non-hydrogen) atoms. The van der Waals surface area contributed by atoms with Gasteiger partial charge in [0, 0.05) is 5.57 Å². The van der Waals surface area contributed by atoms with Gasteiger partial charge in [0.2, 0.25) is 5.91 Å². The molecule has 0 radical (unpaired) electrons. The number of hydrogen-bond donors (Lipinski definition) is 2. The van der Waals surface area contributed by atoms with Crippen LogP contribution in [0.1, 0.15) is 14.4 Å². The van der Waals surface area contributed by atoms with E-state index >= 15 is 0 Å². The lowest BCUT2D eigenvalue weighted by molar-refractivity contribution is -0.137. The number of hydrogen-bond acceptors (Lipinski definition) is 2. The van der Waals surface area contributed by atoms with Crippen LogP contribution in [0.4, 0.5) is 0 Å². The van der Waals surface area contributed by atoms with Gasteiger partial charge < -0.3 is 10.4 Å². The molecule has 0 aromatic carbocycles. The molecular formula is C7H13NO3. The molecule has 0 aliphatic heterocycles. The Kier molecular flexibility index (Phi) is 6.14. The van der Waals surface area contributed by atoms with Crippen molar-refractivity contribution >= 4 is 11.9 Å². The summed E-state index contributed by atoms with van der Waals surface area (Å²) in [6.07, 6.45) is 0. The third kappa shape index (κ3) is 6.57. The van der Waals surface area contributed by atoms with Crippen molar-refractivity contribution in [3.63, 3.8) is 0 Å². The Labute approximate surface area is 65.9 Å². The average molecular weight is 159 g/mol. The predicted molar refractivity (Wildman–Crippen MR) is 42.2 cm³/mol. The lowest BCUT2D eigenvalue weighted by atomic mass is 10.3. The van der Waals surface area contributed by atoms with Crippen molar-refractivity contribution < 1.29 is 14.7 Å². The highest BCUT2D eigenvalue weighted by atomic mass is 16.4. The van der Waals surface area contributed by atoms with Gasteiger partial charge in [0.1, 0.15) is 6.54 Å². The van der Waals surface area contributed by atoms with Crippen molar-refractivity contribution in [2.45, 2.75) is 14.4 Å². The molecule has 0 heterocycles. The molecule has 4 heteroatoms. The van der Waals surface area contributed by atoms with E-state index in [4.69, 9.17) is 5.11 Å². The fourth-order valence-corrected chi connectivity index (χ4v) is 0.307. The average Bonchev–Trinajstić information content (AvgIpc) is 1.82. The van der Waals surface area contributed by atoms with Crippen molar-refractivity contribution in [2.24, 2.45) is 0 Å². The molecule has 0 aromatic heterocycles. The summed E-state index contributed by atoms with van der Waals surface area (Å²) in [4.78, 5) is 20.5. The number of amides is 1. The van der Waals surface area contributed by atoms with Crippen LogP contribution >= 0.6 is 0 Å². The van der Waals surface area contributed by atoms with Gasteiger partial charge in [-0.25, -0.2) is 0 Å². The highest BCUT2D eigenvalue weighted by Crippen LogP contribution is 1.83. The van der Waals surface area contributed by atoms with Gasteiger partial charge >= 0.3 is 5.97 Å². The van der Waals surface area contributed by atoms with Crippen LogP contribution in [0.15, 0.2) is 12.2 Å². The fourth-order valence-electron chi connectivity index (χ4n) is 0.307. The molecule has 0 rings (SSSR count). The van der Waals surface area contributed by atoms with E-state index in [0.29, 0.717) is 5.57 Å². The SMILES string of the molecule is C.C=C(C)C(=O)NCC(=O)O. The Morgan fingerprint density at radius 2 is 2.00 bits per heavy atom. The Morgan fingerprint density at radius 3 is 2.27 bits per heavy atom. The number of carboxylic acid groups (broad SMARTS) is 1. The molecule has 4 nitrogen and oxygen atoms in total. The molecule has 2 N–H and O–H groups in total. The highest BCUT2D eigenvalue weighted by Gasteiger charge is 2.02. The van der Waals surface area contributed by atoms with Crippen molar-refractivity contribution in [3.8, 4) is 0 Å². The number of carbonyl (C=O) groups is 2. The molecule has 0 atom stereocenters. The van der Waals surface area contributed by atoms with Crippen molar-refractivity contribution in [3.05, 3.63) is 12.2 Å². The van der Waals surface area contributed by atoms with E-state index < -0.39 is 11.9 Å². The lowest BCUT2D eigenvalue weighted by Gasteiger charge is -1.98. The van der Waals surface area contributed by atoms with Gasteiger partial charge in [-0.2, -0.15) is 0 Å². The molecule has 64 valence electrons. The maximum atomic E-state index is 10.6. The largest absolute Gasteiger partial charge is 0.480 e. The van der Waals surface area contributed by atoms with E-state index in [9.17, 15) is 9.59 Å². The maximum Gasteiger partial charge on any atom is 0.322 e. The topological polar surface area (TPSA) is 66.4 Å². The minimum atomic E-state index is -1.06. The number of nitrogens with one attached hydrogen (secondary N) is 1. The van der Waals surface area contributed by atoms with Crippen LogP contribution in [0.2, 0.25) is 0 Å². The minimum Gasteiger partial charge on any atom is -0.480 e. The predicted octanol–water partition coefficient (Wildman–Crippen LogP) is 0.399. The number of carboxylic acids is 1. The first kappa shape index (κ1) is 12.4. The smallest absolute Gasteiger partial charge is 0.322 e. The summed E-state index contributed by atoms with van der Waals surface area (Å²) in [5, 5.41) is 10.2. The first-order valence-electron chi connectivity index (χ1n) is 2.69. The van der Waals surface area contributed by atoms with Crippen LogP contribution in [0, 0.1) is 0 Å². The van der Waals surface area contributed by atoms with Crippen molar-refractivity contribution in [1.29, 1.82) is 0 Å². The molecular weight excluding hydrogens is 146 g/mol. The molecule has 0 spiro atoms. The minimum absolute atomic E-state index is 0. The van der Waals surface area contributed by atoms with Crippen molar-refractivity contribution in [1.82, 2.24) is 5.32 Å². The number of carbonyl (C=O) groups excluding carboxylic acids is 1. The molecule has 0 saturated heterocycles. The Morgan fingerprint density at radius 1 is 1.55 bits per heavy atom. The first-order valence-corrected chi connectivity index (χ1v) is 2.69. The summed E-state index contributed by atoms with van der Waals surface area (Å²) < 4.78 is 0. The summed E-state index contributed by atoms with van der Waals surface area (Å²) in [6.45, 7) is 4.48. The van der Waals surface area contributed by atoms with Crippen LogP contribution in [0.25, 0.3) is 0 Å². The monoisotopic (exact) mass is 159 g/mol. The fraction of sp³-hybridized carbons (Fsp3) is 0.429. The summed E-state index contributed by atoms with van der Waals surface area (Å²) in [5.74, 6) is -1.49. The lowest BCUT2D eigenvalue weighted by Crippen LogP contribution is -2.29. The van der Waals surface area contributed by atoms with Gasteiger partial charge in [-0.3, -0.25) is 9.59 Å². The van der Waals surface area contributed by atoms with Gasteiger partial charge in [-0.1, -0.05) is 14.0 Å². The first-order chi connectivity index (χ1) is 4.54. The van der Waals surface area contributed by atoms with Gasteiger partial charge in [0.15, 0.2) is 0 Å². The maximum absolute atomic E-state index is 10.6. The molecule has 0 bridgehead atoms. The van der Waals surface area contributed by atoms with Gasteiger partial charge in [0.05, 0.1) is 0 Å². The zero-order valence-electron chi connectivity index (χ0n) is 5.68. The van der Waals surface area contributed by atoms with E-state index in [1.165, 1.54) is 6.92 Å². The molecule has 0 aliphatic rings. The Bertz CT molecular complexity index is 175. The summed E-state index contributed by atoms with van der Waals surface area (Å²) in [6, 6.07) is 0. The summed E-state index contributed by atoms with van der Waals surface area (Å²) in [5.41, 5.74) is 0.307. The van der Waals surface area contributed by atoms with Gasteiger partial charge in [-0.15, -0.1) is 0 Å². The van der Waals surface area contributed by atoms with E-state index in [0.717, 1.165) is 0 Å².